The third-order valence-corrected chi connectivity index (χ3v) is 4.71. The Kier molecular flexibility index (Phi) is 2.07. The summed E-state index contributed by atoms with van der Waals surface area (Å²) in [5.74, 6) is 0.650. The summed E-state index contributed by atoms with van der Waals surface area (Å²) in [6, 6.07) is 7.33. The first-order valence-corrected chi connectivity index (χ1v) is 6.24. The summed E-state index contributed by atoms with van der Waals surface area (Å²) < 4.78 is 2.18. The fraction of sp³-hybridized carbons (Fsp3) is 0.143. The van der Waals surface area contributed by atoms with Crippen molar-refractivity contribution in [3.05, 3.63) is 35.4 Å². The Morgan fingerprint density at radius 1 is 0.765 bits per heavy atom. The summed E-state index contributed by atoms with van der Waals surface area (Å²) >= 11 is 1.62. The number of fused-ring (bicyclic) bond motifs is 3. The van der Waals surface area contributed by atoms with Crippen molar-refractivity contribution in [1.82, 2.24) is 0 Å². The Labute approximate surface area is 103 Å². The molecule has 0 aliphatic rings. The van der Waals surface area contributed by atoms with E-state index < -0.39 is 0 Å². The average molecular weight is 244 g/mol. The minimum atomic E-state index is 0.325. The molecule has 1 aromatic heterocycles. The van der Waals surface area contributed by atoms with Crippen molar-refractivity contribution in [3.63, 3.8) is 0 Å². The molecule has 0 atom stereocenters. The monoisotopic (exact) mass is 244 g/mol. The van der Waals surface area contributed by atoms with Crippen LogP contribution in [-0.4, -0.2) is 10.2 Å². The van der Waals surface area contributed by atoms with Crippen molar-refractivity contribution in [2.75, 3.05) is 0 Å². The Morgan fingerprint density at radius 3 is 1.59 bits per heavy atom. The zero-order valence-electron chi connectivity index (χ0n) is 9.61. The first kappa shape index (κ1) is 10.4. The molecule has 0 saturated heterocycles. The van der Waals surface area contributed by atoms with E-state index in [0.717, 1.165) is 31.3 Å². The van der Waals surface area contributed by atoms with Gasteiger partial charge in [0.15, 0.2) is 0 Å². The van der Waals surface area contributed by atoms with Crippen LogP contribution in [0.3, 0.4) is 0 Å². The highest BCUT2D eigenvalue weighted by Gasteiger charge is 2.12. The summed E-state index contributed by atoms with van der Waals surface area (Å²) in [6.07, 6.45) is 0. The molecule has 0 spiro atoms. The van der Waals surface area contributed by atoms with Crippen LogP contribution in [0.15, 0.2) is 24.3 Å². The Balaban J connectivity index is 2.58. The molecule has 86 valence electrons. The van der Waals surface area contributed by atoms with Crippen LogP contribution in [0.1, 0.15) is 11.1 Å². The lowest BCUT2D eigenvalue weighted by Gasteiger charge is -1.99. The maximum absolute atomic E-state index is 9.72. The number of aryl methyl sites for hydroxylation is 2. The Morgan fingerprint density at radius 2 is 1.18 bits per heavy atom. The van der Waals surface area contributed by atoms with Crippen LogP contribution < -0.4 is 0 Å². The van der Waals surface area contributed by atoms with Crippen molar-refractivity contribution in [2.45, 2.75) is 13.8 Å². The summed E-state index contributed by atoms with van der Waals surface area (Å²) in [5.41, 5.74) is 1.81. The van der Waals surface area contributed by atoms with E-state index in [1.54, 1.807) is 23.5 Å². The molecule has 0 amide bonds. The van der Waals surface area contributed by atoms with Crippen LogP contribution in [-0.2, 0) is 0 Å². The highest BCUT2D eigenvalue weighted by Crippen LogP contribution is 2.41. The predicted molar refractivity (Wildman–Crippen MR) is 72.1 cm³/mol. The van der Waals surface area contributed by atoms with Crippen LogP contribution >= 0.6 is 11.3 Å². The number of benzene rings is 2. The molecule has 17 heavy (non-hydrogen) atoms. The lowest BCUT2D eigenvalue weighted by atomic mass is 10.1. The second-order valence-corrected chi connectivity index (χ2v) is 5.30. The van der Waals surface area contributed by atoms with Gasteiger partial charge in [-0.3, -0.25) is 0 Å². The molecular weight excluding hydrogens is 232 g/mol. The maximum atomic E-state index is 9.72. The highest BCUT2D eigenvalue weighted by atomic mass is 32.1. The maximum Gasteiger partial charge on any atom is 0.119 e. The normalized spacial score (nSPS) is 11.4. The number of aromatic hydroxyl groups is 2. The molecule has 3 aromatic rings. The molecule has 0 saturated carbocycles. The quantitative estimate of drug-likeness (QED) is 0.625. The van der Waals surface area contributed by atoms with Gasteiger partial charge in [-0.1, -0.05) is 0 Å². The second kappa shape index (κ2) is 3.37. The topological polar surface area (TPSA) is 40.5 Å². The van der Waals surface area contributed by atoms with E-state index >= 15 is 0 Å². The van der Waals surface area contributed by atoms with Gasteiger partial charge in [-0.25, -0.2) is 0 Å². The molecule has 2 N–H and O–H groups in total. The van der Waals surface area contributed by atoms with Crippen molar-refractivity contribution >= 4 is 31.5 Å². The highest BCUT2D eigenvalue weighted by molar-refractivity contribution is 7.26. The van der Waals surface area contributed by atoms with E-state index in [0.29, 0.717) is 11.5 Å². The lowest BCUT2D eigenvalue weighted by molar-refractivity contribution is 0.472. The van der Waals surface area contributed by atoms with Gasteiger partial charge in [-0.05, 0) is 38.1 Å². The number of hydrogen-bond acceptors (Lipinski definition) is 3. The second-order valence-electron chi connectivity index (χ2n) is 4.27. The number of thiophene rings is 1. The molecule has 3 rings (SSSR count). The number of phenols is 2. The molecule has 0 unspecified atom stereocenters. The first-order valence-electron chi connectivity index (χ1n) is 5.43. The van der Waals surface area contributed by atoms with Crippen LogP contribution in [0.5, 0.6) is 11.5 Å². The van der Waals surface area contributed by atoms with Crippen LogP contribution in [0.25, 0.3) is 20.2 Å². The van der Waals surface area contributed by atoms with Gasteiger partial charge in [0.25, 0.3) is 0 Å². The predicted octanol–water partition coefficient (Wildman–Crippen LogP) is 4.08. The molecule has 3 heteroatoms. The summed E-state index contributed by atoms with van der Waals surface area (Å²) in [4.78, 5) is 0. The molecule has 0 fully saturated rings. The summed E-state index contributed by atoms with van der Waals surface area (Å²) in [5, 5.41) is 21.7. The molecule has 0 bridgehead atoms. The summed E-state index contributed by atoms with van der Waals surface area (Å²) in [6.45, 7) is 3.84. The van der Waals surface area contributed by atoms with E-state index in [4.69, 9.17) is 0 Å². The lowest BCUT2D eigenvalue weighted by Crippen LogP contribution is -1.75. The Bertz CT molecular complexity index is 679. The van der Waals surface area contributed by atoms with E-state index in [1.807, 2.05) is 26.0 Å². The third-order valence-electron chi connectivity index (χ3n) is 3.25. The fourth-order valence-electron chi connectivity index (χ4n) is 2.15. The van der Waals surface area contributed by atoms with Gasteiger partial charge in [-0.15, -0.1) is 11.3 Å². The fourth-order valence-corrected chi connectivity index (χ4v) is 3.45. The molecule has 0 aliphatic heterocycles. The van der Waals surface area contributed by atoms with E-state index in [-0.39, 0.29) is 0 Å². The van der Waals surface area contributed by atoms with Gasteiger partial charge >= 0.3 is 0 Å². The largest absolute Gasteiger partial charge is 0.508 e. The van der Waals surface area contributed by atoms with Gasteiger partial charge in [0.2, 0.25) is 0 Å². The van der Waals surface area contributed by atoms with Crippen LogP contribution in [0.2, 0.25) is 0 Å². The molecule has 0 radical (unpaired) electrons. The zero-order valence-corrected chi connectivity index (χ0v) is 10.4. The SMILES string of the molecule is Cc1c(O)ccc2c1sc1c(C)c(O)ccc12. The van der Waals surface area contributed by atoms with Crippen LogP contribution in [0, 0.1) is 13.8 Å². The van der Waals surface area contributed by atoms with Gasteiger partial charge < -0.3 is 10.2 Å². The number of hydrogen-bond donors (Lipinski definition) is 2. The van der Waals surface area contributed by atoms with Gasteiger partial charge in [0.05, 0.1) is 0 Å². The molecular formula is C14H12O2S. The molecule has 0 aliphatic carbocycles. The van der Waals surface area contributed by atoms with E-state index in [9.17, 15) is 10.2 Å². The minimum absolute atomic E-state index is 0.325. The van der Waals surface area contributed by atoms with Crippen LogP contribution in [0.4, 0.5) is 0 Å². The molecule has 1 heterocycles. The molecule has 2 aromatic carbocycles. The molecule has 2 nitrogen and oxygen atoms in total. The summed E-state index contributed by atoms with van der Waals surface area (Å²) in [7, 11) is 0. The van der Waals surface area contributed by atoms with E-state index in [1.165, 1.54) is 0 Å². The van der Waals surface area contributed by atoms with Crippen molar-refractivity contribution in [3.8, 4) is 11.5 Å². The van der Waals surface area contributed by atoms with E-state index in [2.05, 4.69) is 0 Å². The first-order chi connectivity index (χ1) is 8.09. The number of rotatable bonds is 0. The van der Waals surface area contributed by atoms with Crippen molar-refractivity contribution < 1.29 is 10.2 Å². The standard InChI is InChI=1S/C14H12O2S/c1-7-11(15)5-3-9-10-4-6-12(16)8(2)14(10)17-13(7)9/h3-6,15-16H,1-2H3. The Hall–Kier alpha value is -1.74. The van der Waals surface area contributed by atoms with Crippen molar-refractivity contribution in [1.29, 1.82) is 0 Å². The van der Waals surface area contributed by atoms with Gasteiger partial charge in [0.1, 0.15) is 11.5 Å². The van der Waals surface area contributed by atoms with Gasteiger partial charge in [-0.2, -0.15) is 0 Å². The smallest absolute Gasteiger partial charge is 0.119 e. The van der Waals surface area contributed by atoms with Crippen molar-refractivity contribution in [2.24, 2.45) is 0 Å². The number of phenolic OH excluding ortho intramolecular Hbond substituents is 2. The average Bonchev–Trinajstić information content (AvgIpc) is 2.69. The zero-order chi connectivity index (χ0) is 12.2. The minimum Gasteiger partial charge on any atom is -0.508 e. The van der Waals surface area contributed by atoms with Gasteiger partial charge in [0, 0.05) is 31.3 Å². The third kappa shape index (κ3) is 1.32.